The summed E-state index contributed by atoms with van der Waals surface area (Å²) in [5.74, 6) is -3.27. The van der Waals surface area contributed by atoms with Crippen molar-refractivity contribution >= 4 is 11.6 Å². The van der Waals surface area contributed by atoms with Crippen molar-refractivity contribution in [2.45, 2.75) is 42.8 Å². The van der Waals surface area contributed by atoms with Crippen molar-refractivity contribution in [3.8, 4) is 11.5 Å². The molecule has 1 aliphatic heterocycles. The Labute approximate surface area is 191 Å². The molecule has 0 spiro atoms. The molecule has 3 rings (SSSR count). The molecule has 1 heterocycles. The third-order valence-corrected chi connectivity index (χ3v) is 5.59. The number of aliphatic hydroxyl groups is 5. The molecule has 8 nitrogen and oxygen atoms in total. The van der Waals surface area contributed by atoms with Crippen LogP contribution in [-0.4, -0.2) is 74.4 Å². The topological polar surface area (TPSA) is 140 Å². The maximum atomic E-state index is 12.3. The van der Waals surface area contributed by atoms with Crippen molar-refractivity contribution in [3.63, 3.8) is 0 Å². The van der Waals surface area contributed by atoms with Crippen LogP contribution in [0.3, 0.4) is 0 Å². The molecule has 0 unspecified atom stereocenters. The maximum Gasteiger partial charge on any atom is 0.422 e. The number of hydrogen-bond acceptors (Lipinski definition) is 8. The van der Waals surface area contributed by atoms with E-state index in [1.165, 1.54) is 30.3 Å². The normalized spacial score (nSPS) is 28.0. The van der Waals surface area contributed by atoms with Crippen molar-refractivity contribution in [2.75, 3.05) is 13.2 Å². The van der Waals surface area contributed by atoms with Crippen LogP contribution in [0.1, 0.15) is 16.7 Å². The Bertz CT molecular complexity index is 969. The SMILES string of the molecule is OC[C@H]1O[C@@](O)(c2cc(Cc3ccc(OCC(F)(F)F)cc3)c(Cl)cc2O)[C@H](O)[C@@H](O)[C@@H]1O. The van der Waals surface area contributed by atoms with Gasteiger partial charge in [0.15, 0.2) is 6.61 Å². The fourth-order valence-electron chi connectivity index (χ4n) is 3.50. The Hall–Kier alpha value is -2.12. The quantitative estimate of drug-likeness (QED) is 0.352. The van der Waals surface area contributed by atoms with E-state index < -0.39 is 55.3 Å². The Balaban J connectivity index is 1.87. The molecule has 2 aromatic rings. The number of rotatable bonds is 6. The van der Waals surface area contributed by atoms with Gasteiger partial charge in [-0.15, -0.1) is 0 Å². The van der Waals surface area contributed by atoms with E-state index in [9.17, 15) is 43.8 Å². The average Bonchev–Trinajstić information content (AvgIpc) is 2.75. The first-order valence-electron chi connectivity index (χ1n) is 9.71. The summed E-state index contributed by atoms with van der Waals surface area (Å²) < 4.78 is 46.7. The molecule has 0 aromatic heterocycles. The first-order chi connectivity index (χ1) is 15.4. The fourth-order valence-corrected chi connectivity index (χ4v) is 3.72. The monoisotopic (exact) mass is 494 g/mol. The van der Waals surface area contributed by atoms with Gasteiger partial charge in [-0.25, -0.2) is 0 Å². The Morgan fingerprint density at radius 3 is 2.27 bits per heavy atom. The van der Waals surface area contributed by atoms with Crippen LogP contribution in [0, 0.1) is 0 Å². The standard InChI is InChI=1S/C21H22ClF3O8/c22-14-7-15(27)13(21(31)19(30)18(29)17(28)16(8-26)33-21)6-11(14)5-10-1-3-12(4-2-10)32-9-20(23,24)25/h1-4,6-7,16-19,26-31H,5,8-9H2/t16-,17-,18+,19-,21+/m1/s1. The zero-order valence-electron chi connectivity index (χ0n) is 16.9. The highest BCUT2D eigenvalue weighted by Crippen LogP contribution is 2.42. The highest BCUT2D eigenvalue weighted by Gasteiger charge is 2.54. The number of ether oxygens (including phenoxy) is 2. The number of aromatic hydroxyl groups is 1. The molecule has 33 heavy (non-hydrogen) atoms. The molecule has 6 N–H and O–H groups in total. The van der Waals surface area contributed by atoms with Crippen molar-refractivity contribution in [3.05, 3.63) is 58.1 Å². The van der Waals surface area contributed by atoms with Crippen molar-refractivity contribution in [2.24, 2.45) is 0 Å². The minimum atomic E-state index is -4.47. The van der Waals surface area contributed by atoms with E-state index in [1.54, 1.807) is 0 Å². The molecule has 5 atom stereocenters. The lowest BCUT2D eigenvalue weighted by Gasteiger charge is -2.45. The van der Waals surface area contributed by atoms with Crippen LogP contribution < -0.4 is 4.74 Å². The van der Waals surface area contributed by atoms with Gasteiger partial charge in [0, 0.05) is 5.02 Å². The third-order valence-electron chi connectivity index (χ3n) is 5.24. The number of phenolic OH excluding ortho intramolecular Hbond substituents is 1. The second kappa shape index (κ2) is 9.63. The predicted molar refractivity (Wildman–Crippen MR) is 108 cm³/mol. The van der Waals surface area contributed by atoms with Gasteiger partial charge in [-0.1, -0.05) is 23.7 Å². The molecular formula is C21H22ClF3O8. The highest BCUT2D eigenvalue weighted by atomic mass is 35.5. The van der Waals surface area contributed by atoms with E-state index in [0.29, 0.717) is 11.1 Å². The molecule has 2 aromatic carbocycles. The third kappa shape index (κ3) is 5.52. The van der Waals surface area contributed by atoms with Gasteiger partial charge < -0.3 is 40.1 Å². The largest absolute Gasteiger partial charge is 0.507 e. The molecule has 1 saturated heterocycles. The van der Waals surface area contributed by atoms with Crippen molar-refractivity contribution in [1.82, 2.24) is 0 Å². The smallest absolute Gasteiger partial charge is 0.422 e. The first-order valence-corrected chi connectivity index (χ1v) is 10.1. The lowest BCUT2D eigenvalue weighted by molar-refractivity contribution is -0.358. The predicted octanol–water partition coefficient (Wildman–Crippen LogP) is 1.20. The Morgan fingerprint density at radius 2 is 1.70 bits per heavy atom. The summed E-state index contributed by atoms with van der Waals surface area (Å²) in [5.41, 5.74) is 0.552. The summed E-state index contributed by atoms with van der Waals surface area (Å²) >= 11 is 6.19. The van der Waals surface area contributed by atoms with E-state index in [4.69, 9.17) is 16.3 Å². The minimum Gasteiger partial charge on any atom is -0.507 e. The van der Waals surface area contributed by atoms with Crippen LogP contribution in [0.15, 0.2) is 36.4 Å². The van der Waals surface area contributed by atoms with Gasteiger partial charge in [0.2, 0.25) is 5.79 Å². The van der Waals surface area contributed by atoms with Crippen LogP contribution in [0.5, 0.6) is 11.5 Å². The van der Waals surface area contributed by atoms with Gasteiger partial charge in [-0.05, 0) is 41.8 Å². The van der Waals surface area contributed by atoms with Gasteiger partial charge in [0.25, 0.3) is 0 Å². The second-order valence-corrected chi connectivity index (χ2v) is 8.05. The van der Waals surface area contributed by atoms with E-state index >= 15 is 0 Å². The molecule has 0 aliphatic carbocycles. The van der Waals surface area contributed by atoms with Crippen LogP contribution in [0.4, 0.5) is 13.2 Å². The van der Waals surface area contributed by atoms with Gasteiger partial charge in [-0.2, -0.15) is 13.2 Å². The van der Waals surface area contributed by atoms with Gasteiger partial charge in [0.05, 0.1) is 12.2 Å². The zero-order chi connectivity index (χ0) is 24.6. The summed E-state index contributed by atoms with van der Waals surface area (Å²) in [7, 11) is 0. The molecular weight excluding hydrogens is 473 g/mol. The lowest BCUT2D eigenvalue weighted by Crippen LogP contribution is -2.63. The Morgan fingerprint density at radius 1 is 1.06 bits per heavy atom. The summed E-state index contributed by atoms with van der Waals surface area (Å²) in [4.78, 5) is 0. The second-order valence-electron chi connectivity index (χ2n) is 7.65. The lowest BCUT2D eigenvalue weighted by atomic mass is 9.86. The fraction of sp³-hybridized carbons (Fsp3) is 0.429. The van der Waals surface area contributed by atoms with Gasteiger partial charge in [-0.3, -0.25) is 0 Å². The van der Waals surface area contributed by atoms with Crippen LogP contribution >= 0.6 is 11.6 Å². The van der Waals surface area contributed by atoms with Gasteiger partial charge in [0.1, 0.15) is 35.9 Å². The molecule has 0 saturated carbocycles. The number of aliphatic hydroxyl groups excluding tert-OH is 4. The molecule has 1 fully saturated rings. The molecule has 1 aliphatic rings. The van der Waals surface area contributed by atoms with E-state index in [2.05, 4.69) is 4.74 Å². The van der Waals surface area contributed by atoms with Crippen molar-refractivity contribution in [1.29, 1.82) is 0 Å². The number of benzene rings is 2. The van der Waals surface area contributed by atoms with Crippen LogP contribution in [0.25, 0.3) is 0 Å². The average molecular weight is 495 g/mol. The first kappa shape index (κ1) is 25.5. The number of hydrogen-bond donors (Lipinski definition) is 6. The summed E-state index contributed by atoms with van der Waals surface area (Å²) in [6, 6.07) is 7.96. The van der Waals surface area contributed by atoms with E-state index in [0.717, 1.165) is 6.07 Å². The van der Waals surface area contributed by atoms with Crippen LogP contribution in [0.2, 0.25) is 5.02 Å². The van der Waals surface area contributed by atoms with Gasteiger partial charge >= 0.3 is 6.18 Å². The molecule has 0 amide bonds. The molecule has 0 bridgehead atoms. The van der Waals surface area contributed by atoms with Crippen molar-refractivity contribution < 1.29 is 53.3 Å². The number of halogens is 4. The Kier molecular flexibility index (Phi) is 7.44. The summed E-state index contributed by atoms with van der Waals surface area (Å²) in [6.45, 7) is -2.23. The maximum absolute atomic E-state index is 12.3. The van der Waals surface area contributed by atoms with E-state index in [-0.39, 0.29) is 22.8 Å². The van der Waals surface area contributed by atoms with E-state index in [1.807, 2.05) is 0 Å². The minimum absolute atomic E-state index is 0.00389. The summed E-state index contributed by atoms with van der Waals surface area (Å²) in [6.07, 6.45) is -11.5. The number of phenols is 1. The number of alkyl halides is 3. The molecule has 182 valence electrons. The summed E-state index contributed by atoms with van der Waals surface area (Å²) in [5, 5.41) is 61.0. The van der Waals surface area contributed by atoms with Crippen LogP contribution in [-0.2, 0) is 16.9 Å². The molecule has 12 heteroatoms. The zero-order valence-corrected chi connectivity index (χ0v) is 17.7. The molecule has 0 radical (unpaired) electrons. The highest BCUT2D eigenvalue weighted by molar-refractivity contribution is 6.31.